The van der Waals surface area contributed by atoms with Gasteiger partial charge >= 0.3 is 17.6 Å². The van der Waals surface area contributed by atoms with Crippen molar-refractivity contribution in [2.75, 3.05) is 6.61 Å². The molecule has 5 heteroatoms. The smallest absolute Gasteiger partial charge is 0.356 e. The number of carboxylic acid groups (broad SMARTS) is 1. The van der Waals surface area contributed by atoms with Gasteiger partial charge in [-0.3, -0.25) is 0 Å². The Labute approximate surface area is 87.4 Å². The predicted molar refractivity (Wildman–Crippen MR) is 50.8 cm³/mol. The number of carbonyl (C=O) groups is 2. The first-order valence-electron chi connectivity index (χ1n) is 4.52. The molecule has 0 saturated carbocycles. The highest BCUT2D eigenvalue weighted by molar-refractivity contribution is 6.02. The first-order chi connectivity index (χ1) is 6.99. The van der Waals surface area contributed by atoms with Gasteiger partial charge in [0.1, 0.15) is 0 Å². The van der Waals surface area contributed by atoms with Crippen LogP contribution in [0.1, 0.15) is 26.2 Å². The number of halogens is 1. The molecule has 15 heavy (non-hydrogen) atoms. The minimum absolute atomic E-state index is 0.286. The molecule has 0 aliphatic carbocycles. The molecule has 0 spiro atoms. The van der Waals surface area contributed by atoms with Gasteiger partial charge in [-0.15, -0.1) is 6.42 Å². The molecule has 0 rings (SSSR count). The molecule has 0 fully saturated rings. The molecule has 0 saturated heterocycles. The van der Waals surface area contributed by atoms with Crippen LogP contribution in [0.4, 0.5) is 4.39 Å². The van der Waals surface area contributed by atoms with E-state index in [4.69, 9.17) is 11.5 Å². The number of carbonyl (C=O) groups excluding carboxylic acids is 1. The average molecular weight is 216 g/mol. The Balaban J connectivity index is 4.56. The van der Waals surface area contributed by atoms with E-state index in [-0.39, 0.29) is 6.42 Å². The van der Waals surface area contributed by atoms with Gasteiger partial charge in [0.25, 0.3) is 0 Å². The van der Waals surface area contributed by atoms with E-state index in [9.17, 15) is 14.0 Å². The molecular formula is C10H13FO4. The lowest BCUT2D eigenvalue weighted by atomic mass is 9.99. The number of aliphatic carboxylic acids is 1. The predicted octanol–water partition coefficient (Wildman–Crippen LogP) is 1.15. The Kier molecular flexibility index (Phi) is 5.39. The van der Waals surface area contributed by atoms with Crippen LogP contribution in [0.2, 0.25) is 0 Å². The Hall–Kier alpha value is -1.57. The number of alkyl halides is 1. The Morgan fingerprint density at radius 1 is 1.60 bits per heavy atom. The van der Waals surface area contributed by atoms with Crippen LogP contribution in [0.3, 0.4) is 0 Å². The van der Waals surface area contributed by atoms with Gasteiger partial charge in [-0.05, 0) is 6.42 Å². The maximum absolute atomic E-state index is 13.7. The van der Waals surface area contributed by atoms with Gasteiger partial charge in [0, 0.05) is 6.42 Å². The van der Waals surface area contributed by atoms with E-state index in [1.165, 1.54) is 0 Å². The van der Waals surface area contributed by atoms with E-state index in [1.54, 1.807) is 6.92 Å². The molecule has 0 aromatic carbocycles. The minimum atomic E-state index is -2.98. The van der Waals surface area contributed by atoms with Gasteiger partial charge in [-0.25, -0.2) is 14.0 Å². The fraction of sp³-hybridized carbons (Fsp3) is 0.600. The van der Waals surface area contributed by atoms with Crippen molar-refractivity contribution in [1.82, 2.24) is 0 Å². The van der Waals surface area contributed by atoms with E-state index in [2.05, 4.69) is 4.74 Å². The maximum Gasteiger partial charge on any atom is 0.356 e. The van der Waals surface area contributed by atoms with E-state index >= 15 is 0 Å². The van der Waals surface area contributed by atoms with Crippen LogP contribution in [0, 0.1) is 12.3 Å². The second-order valence-corrected chi connectivity index (χ2v) is 2.99. The van der Waals surface area contributed by atoms with Crippen molar-refractivity contribution in [3.8, 4) is 12.3 Å². The lowest BCUT2D eigenvalue weighted by Gasteiger charge is -2.17. The van der Waals surface area contributed by atoms with Crippen molar-refractivity contribution in [2.45, 2.75) is 31.9 Å². The highest BCUT2D eigenvalue weighted by atomic mass is 19.1. The van der Waals surface area contributed by atoms with Gasteiger partial charge in [-0.2, -0.15) is 0 Å². The highest BCUT2D eigenvalue weighted by Crippen LogP contribution is 2.21. The van der Waals surface area contributed by atoms with E-state index in [1.807, 2.05) is 5.92 Å². The molecule has 84 valence electrons. The van der Waals surface area contributed by atoms with E-state index in [0.717, 1.165) is 0 Å². The van der Waals surface area contributed by atoms with Crippen LogP contribution in [-0.2, 0) is 14.3 Å². The fourth-order valence-corrected chi connectivity index (χ4v) is 0.938. The molecule has 4 nitrogen and oxygen atoms in total. The van der Waals surface area contributed by atoms with Gasteiger partial charge in [0.2, 0.25) is 0 Å². The second kappa shape index (κ2) is 6.02. The summed E-state index contributed by atoms with van der Waals surface area (Å²) < 4.78 is 18.0. The monoisotopic (exact) mass is 216 g/mol. The number of esters is 1. The van der Waals surface area contributed by atoms with Gasteiger partial charge < -0.3 is 9.84 Å². The number of rotatable bonds is 6. The van der Waals surface area contributed by atoms with E-state index < -0.39 is 30.6 Å². The summed E-state index contributed by atoms with van der Waals surface area (Å²) in [7, 11) is 0. The maximum atomic E-state index is 13.7. The molecule has 0 aliphatic heterocycles. The number of hydrogen-bond donors (Lipinski definition) is 1. The van der Waals surface area contributed by atoms with Crippen molar-refractivity contribution < 1.29 is 23.8 Å². The lowest BCUT2D eigenvalue weighted by molar-refractivity contribution is -0.171. The van der Waals surface area contributed by atoms with Crippen molar-refractivity contribution in [1.29, 1.82) is 0 Å². The minimum Gasteiger partial charge on any atom is -0.478 e. The topological polar surface area (TPSA) is 63.6 Å². The van der Waals surface area contributed by atoms with Crippen LogP contribution in [-0.4, -0.2) is 29.3 Å². The number of carboxylic acids is 1. The SMILES string of the molecule is C#CCOC(=O)C(F)(CCCC)C(=O)O. The fourth-order valence-electron chi connectivity index (χ4n) is 0.938. The Bertz CT molecular complexity index is 282. The summed E-state index contributed by atoms with van der Waals surface area (Å²) in [6, 6.07) is 0. The molecule has 0 bridgehead atoms. The van der Waals surface area contributed by atoms with Crippen LogP contribution in [0.15, 0.2) is 0 Å². The zero-order valence-electron chi connectivity index (χ0n) is 8.46. The molecule has 0 aromatic heterocycles. The molecule has 0 aromatic rings. The Morgan fingerprint density at radius 3 is 2.60 bits per heavy atom. The van der Waals surface area contributed by atoms with Crippen molar-refractivity contribution in [2.24, 2.45) is 0 Å². The highest BCUT2D eigenvalue weighted by Gasteiger charge is 2.47. The normalized spacial score (nSPS) is 13.7. The van der Waals surface area contributed by atoms with Gasteiger partial charge in [0.15, 0.2) is 6.61 Å². The summed E-state index contributed by atoms with van der Waals surface area (Å²) in [6.07, 6.45) is 5.27. The summed E-state index contributed by atoms with van der Waals surface area (Å²) in [5.41, 5.74) is -2.98. The zero-order chi connectivity index (χ0) is 11.9. The van der Waals surface area contributed by atoms with Crippen molar-refractivity contribution >= 4 is 11.9 Å². The molecule has 0 radical (unpaired) electrons. The Morgan fingerprint density at radius 2 is 2.20 bits per heavy atom. The summed E-state index contributed by atoms with van der Waals surface area (Å²) >= 11 is 0. The quantitative estimate of drug-likeness (QED) is 0.411. The zero-order valence-corrected chi connectivity index (χ0v) is 8.46. The summed E-state index contributed by atoms with van der Waals surface area (Å²) in [5.74, 6) is -1.30. The third-order valence-electron chi connectivity index (χ3n) is 1.82. The number of unbranched alkanes of at least 4 members (excludes halogenated alkanes) is 1. The first-order valence-corrected chi connectivity index (χ1v) is 4.52. The van der Waals surface area contributed by atoms with Crippen LogP contribution < -0.4 is 0 Å². The van der Waals surface area contributed by atoms with Crippen LogP contribution in [0.25, 0.3) is 0 Å². The van der Waals surface area contributed by atoms with Crippen LogP contribution in [0.5, 0.6) is 0 Å². The largest absolute Gasteiger partial charge is 0.478 e. The van der Waals surface area contributed by atoms with Gasteiger partial charge in [0.05, 0.1) is 0 Å². The molecule has 1 unspecified atom stereocenters. The molecular weight excluding hydrogens is 203 g/mol. The summed E-state index contributed by atoms with van der Waals surface area (Å²) in [6.45, 7) is 1.33. The number of terminal acetylenes is 1. The van der Waals surface area contributed by atoms with Crippen molar-refractivity contribution in [3.63, 3.8) is 0 Å². The molecule has 0 aliphatic rings. The first kappa shape index (κ1) is 13.4. The number of hydrogen-bond acceptors (Lipinski definition) is 3. The van der Waals surface area contributed by atoms with Crippen LogP contribution >= 0.6 is 0 Å². The summed E-state index contributed by atoms with van der Waals surface area (Å²) in [4.78, 5) is 21.7. The third-order valence-corrected chi connectivity index (χ3v) is 1.82. The third kappa shape index (κ3) is 3.58. The lowest BCUT2D eigenvalue weighted by Crippen LogP contribution is -2.43. The molecule has 1 atom stereocenters. The van der Waals surface area contributed by atoms with Crippen molar-refractivity contribution in [3.05, 3.63) is 0 Å². The van der Waals surface area contributed by atoms with Gasteiger partial charge in [-0.1, -0.05) is 19.3 Å². The molecule has 1 N–H and O–H groups in total. The number of ether oxygens (including phenoxy) is 1. The second-order valence-electron chi connectivity index (χ2n) is 2.99. The standard InChI is InChI=1S/C10H13FO4/c1-3-5-6-10(11,8(12)13)9(14)15-7-4-2/h2H,3,5-7H2,1H3,(H,12,13). The molecule has 0 heterocycles. The average Bonchev–Trinajstić information content (AvgIpc) is 2.21. The molecule has 0 amide bonds. The summed E-state index contributed by atoms with van der Waals surface area (Å²) in [5, 5.41) is 8.60. The van der Waals surface area contributed by atoms with E-state index in [0.29, 0.717) is 6.42 Å².